The molecule has 0 saturated carbocycles. The fraction of sp³-hybridized carbons (Fsp3) is 0.333. The van der Waals surface area contributed by atoms with Crippen LogP contribution in [0.15, 0.2) is 12.1 Å². The topological polar surface area (TPSA) is 61.6 Å². The summed E-state index contributed by atoms with van der Waals surface area (Å²) in [6.45, 7) is 0. The number of nitro benzene ring substituents is 1. The molecule has 0 aromatic heterocycles. The van der Waals surface area contributed by atoms with Gasteiger partial charge in [-0.25, -0.2) is 0 Å². The van der Waals surface area contributed by atoms with Gasteiger partial charge in [-0.1, -0.05) is 0 Å². The van der Waals surface area contributed by atoms with Crippen LogP contribution in [0.5, 0.6) is 11.5 Å². The number of ether oxygens (including phenoxy) is 2. The largest absolute Gasteiger partial charge is 0.496 e. The Bertz CT molecular complexity index is 381. The van der Waals surface area contributed by atoms with Crippen LogP contribution in [0.2, 0.25) is 0 Å². The molecule has 0 spiro atoms. The Balaban J connectivity index is 3.34. The van der Waals surface area contributed by atoms with Crippen LogP contribution in [-0.4, -0.2) is 19.1 Å². The summed E-state index contributed by atoms with van der Waals surface area (Å²) in [4.78, 5) is 10.2. The van der Waals surface area contributed by atoms with Gasteiger partial charge in [0.05, 0.1) is 31.1 Å². The van der Waals surface area contributed by atoms with E-state index >= 15 is 0 Å². The summed E-state index contributed by atoms with van der Waals surface area (Å²) in [6.07, 6.45) is 0. The van der Waals surface area contributed by atoms with E-state index in [0.29, 0.717) is 11.3 Å². The van der Waals surface area contributed by atoms with Crippen LogP contribution in [0.1, 0.15) is 5.56 Å². The van der Waals surface area contributed by atoms with E-state index in [1.807, 2.05) is 0 Å². The van der Waals surface area contributed by atoms with E-state index in [2.05, 4.69) is 0 Å². The van der Waals surface area contributed by atoms with Crippen LogP contribution in [0.4, 0.5) is 5.69 Å². The van der Waals surface area contributed by atoms with Crippen LogP contribution in [0, 0.1) is 10.1 Å². The van der Waals surface area contributed by atoms with E-state index in [4.69, 9.17) is 21.1 Å². The molecule has 0 bridgehead atoms. The third-order valence-corrected chi connectivity index (χ3v) is 2.21. The van der Waals surface area contributed by atoms with Crippen LogP contribution in [0.25, 0.3) is 0 Å². The Morgan fingerprint density at radius 1 is 1.33 bits per heavy atom. The Morgan fingerprint density at radius 2 is 1.93 bits per heavy atom. The maximum Gasteiger partial charge on any atom is 0.314 e. The first-order chi connectivity index (χ1) is 7.13. The second kappa shape index (κ2) is 4.84. The molecule has 1 aromatic rings. The molecule has 0 unspecified atom stereocenters. The van der Waals surface area contributed by atoms with Crippen molar-refractivity contribution in [2.75, 3.05) is 14.2 Å². The average Bonchev–Trinajstić information content (AvgIpc) is 2.26. The highest BCUT2D eigenvalue weighted by atomic mass is 35.5. The van der Waals surface area contributed by atoms with E-state index in [1.54, 1.807) is 0 Å². The summed E-state index contributed by atoms with van der Waals surface area (Å²) < 4.78 is 9.87. The van der Waals surface area contributed by atoms with Gasteiger partial charge in [0.25, 0.3) is 0 Å². The Morgan fingerprint density at radius 3 is 2.33 bits per heavy atom. The zero-order chi connectivity index (χ0) is 11.4. The number of nitro groups is 1. The highest BCUT2D eigenvalue weighted by Gasteiger charge is 2.18. The highest BCUT2D eigenvalue weighted by Crippen LogP contribution is 2.34. The van der Waals surface area contributed by atoms with Crippen molar-refractivity contribution in [2.24, 2.45) is 0 Å². The molecule has 1 aromatic carbocycles. The number of rotatable bonds is 4. The molecule has 0 amide bonds. The van der Waals surface area contributed by atoms with E-state index < -0.39 is 4.92 Å². The van der Waals surface area contributed by atoms with Crippen molar-refractivity contribution in [2.45, 2.75) is 5.88 Å². The van der Waals surface area contributed by atoms with Gasteiger partial charge in [0.1, 0.15) is 5.75 Å². The predicted molar refractivity (Wildman–Crippen MR) is 55.8 cm³/mol. The normalized spacial score (nSPS) is 9.80. The quantitative estimate of drug-likeness (QED) is 0.453. The summed E-state index contributed by atoms with van der Waals surface area (Å²) >= 11 is 5.67. The lowest BCUT2D eigenvalue weighted by atomic mass is 10.2. The van der Waals surface area contributed by atoms with E-state index in [9.17, 15) is 10.1 Å². The Labute approximate surface area is 91.7 Å². The third kappa shape index (κ3) is 2.30. The Kier molecular flexibility index (Phi) is 3.74. The van der Waals surface area contributed by atoms with Crippen LogP contribution in [0.3, 0.4) is 0 Å². The molecule has 5 nitrogen and oxygen atoms in total. The molecular formula is C9H10ClNO4. The van der Waals surface area contributed by atoms with Gasteiger partial charge in [-0.05, 0) is 6.07 Å². The molecule has 6 heteroatoms. The first-order valence-electron chi connectivity index (χ1n) is 4.09. The van der Waals surface area contributed by atoms with Gasteiger partial charge in [0.2, 0.25) is 0 Å². The second-order valence-electron chi connectivity index (χ2n) is 2.73. The summed E-state index contributed by atoms with van der Waals surface area (Å²) in [7, 11) is 2.80. The zero-order valence-corrected chi connectivity index (χ0v) is 9.08. The van der Waals surface area contributed by atoms with Gasteiger partial charge < -0.3 is 9.47 Å². The molecule has 0 aliphatic rings. The van der Waals surface area contributed by atoms with Gasteiger partial charge in [-0.2, -0.15) is 0 Å². The smallest absolute Gasteiger partial charge is 0.314 e. The standard InChI is InChI=1S/C9H10ClNO4/c1-14-8-4-7(11(12)13)9(15-2)3-6(8)5-10/h3-4H,5H2,1-2H3. The predicted octanol–water partition coefficient (Wildman–Crippen LogP) is 2.35. The average molecular weight is 232 g/mol. The van der Waals surface area contributed by atoms with Crippen LogP contribution in [-0.2, 0) is 5.88 Å². The molecule has 1 rings (SSSR count). The molecule has 0 saturated heterocycles. The molecule has 0 aliphatic heterocycles. The molecule has 0 atom stereocenters. The molecule has 82 valence electrons. The summed E-state index contributed by atoms with van der Waals surface area (Å²) in [5.74, 6) is 0.770. The van der Waals surface area contributed by atoms with E-state index in [1.165, 1.54) is 26.4 Å². The molecule has 0 N–H and O–H groups in total. The van der Waals surface area contributed by atoms with Gasteiger partial charge in [-0.15, -0.1) is 11.6 Å². The summed E-state index contributed by atoms with van der Waals surface area (Å²) in [6, 6.07) is 2.81. The molecular weight excluding hydrogens is 222 g/mol. The first kappa shape index (κ1) is 11.6. The lowest BCUT2D eigenvalue weighted by Crippen LogP contribution is -1.97. The van der Waals surface area contributed by atoms with Crippen LogP contribution >= 0.6 is 11.6 Å². The SMILES string of the molecule is COc1cc([N+](=O)[O-])c(OC)cc1CCl. The lowest BCUT2D eigenvalue weighted by Gasteiger charge is -2.08. The third-order valence-electron chi connectivity index (χ3n) is 1.92. The Hall–Kier alpha value is -1.49. The van der Waals surface area contributed by atoms with Gasteiger partial charge >= 0.3 is 5.69 Å². The maximum atomic E-state index is 10.7. The number of alkyl halides is 1. The molecule has 0 fully saturated rings. The fourth-order valence-electron chi connectivity index (χ4n) is 1.19. The molecule has 0 radical (unpaired) electrons. The van der Waals surface area contributed by atoms with Gasteiger partial charge in [0.15, 0.2) is 5.75 Å². The van der Waals surface area contributed by atoms with Gasteiger partial charge in [0, 0.05) is 5.56 Å². The summed E-state index contributed by atoms with van der Waals surface area (Å²) in [5.41, 5.74) is 0.518. The minimum atomic E-state index is -0.528. The van der Waals surface area contributed by atoms with Crippen molar-refractivity contribution >= 4 is 17.3 Å². The van der Waals surface area contributed by atoms with Crippen molar-refractivity contribution in [3.8, 4) is 11.5 Å². The van der Waals surface area contributed by atoms with E-state index in [-0.39, 0.29) is 17.3 Å². The monoisotopic (exact) mass is 231 g/mol. The zero-order valence-electron chi connectivity index (χ0n) is 8.32. The van der Waals surface area contributed by atoms with Crippen molar-refractivity contribution in [1.82, 2.24) is 0 Å². The number of halogens is 1. The number of methoxy groups -OCH3 is 2. The fourth-order valence-corrected chi connectivity index (χ4v) is 1.40. The highest BCUT2D eigenvalue weighted by molar-refractivity contribution is 6.17. The molecule has 15 heavy (non-hydrogen) atoms. The van der Waals surface area contributed by atoms with Crippen molar-refractivity contribution in [3.63, 3.8) is 0 Å². The van der Waals surface area contributed by atoms with Crippen molar-refractivity contribution < 1.29 is 14.4 Å². The minimum Gasteiger partial charge on any atom is -0.496 e. The second-order valence-corrected chi connectivity index (χ2v) is 2.99. The molecule has 0 aliphatic carbocycles. The number of benzene rings is 1. The summed E-state index contributed by atoms with van der Waals surface area (Å²) in [5, 5.41) is 10.7. The van der Waals surface area contributed by atoms with Crippen LogP contribution < -0.4 is 9.47 Å². The van der Waals surface area contributed by atoms with Gasteiger partial charge in [-0.3, -0.25) is 10.1 Å². The van der Waals surface area contributed by atoms with Crippen molar-refractivity contribution in [1.29, 1.82) is 0 Å². The van der Waals surface area contributed by atoms with E-state index in [0.717, 1.165) is 0 Å². The number of nitrogens with zero attached hydrogens (tertiary/aromatic N) is 1. The maximum absolute atomic E-state index is 10.7. The van der Waals surface area contributed by atoms with Crippen molar-refractivity contribution in [3.05, 3.63) is 27.8 Å². The minimum absolute atomic E-state index is 0.136. The number of hydrogen-bond donors (Lipinski definition) is 0. The lowest BCUT2D eigenvalue weighted by molar-refractivity contribution is -0.385. The molecule has 0 heterocycles. The first-order valence-corrected chi connectivity index (χ1v) is 4.62. The number of hydrogen-bond acceptors (Lipinski definition) is 4.